The molecule has 0 unspecified atom stereocenters. The standard InChI is InChI=1S/C19H25N3O5S2/c1-5-22(6-2)29(26,27)18-13-9-16(10-14-18)20-19(23)15-7-11-17(12-8-15)28(24,25)21(3)4/h7-14H,5-6H2,1-4H3,(H,20,23). The number of carbonyl (C=O) groups is 1. The van der Waals surface area contributed by atoms with Crippen molar-refractivity contribution in [2.45, 2.75) is 23.6 Å². The van der Waals surface area contributed by atoms with Crippen LogP contribution in [0.1, 0.15) is 24.2 Å². The first kappa shape index (κ1) is 23.0. The zero-order valence-electron chi connectivity index (χ0n) is 16.8. The number of rotatable bonds is 8. The van der Waals surface area contributed by atoms with Gasteiger partial charge in [0, 0.05) is 38.4 Å². The highest BCUT2D eigenvalue weighted by molar-refractivity contribution is 7.89. The van der Waals surface area contributed by atoms with Crippen molar-refractivity contribution < 1.29 is 21.6 Å². The van der Waals surface area contributed by atoms with Crippen molar-refractivity contribution in [3.05, 3.63) is 54.1 Å². The Morgan fingerprint density at radius 1 is 0.793 bits per heavy atom. The molecule has 0 fully saturated rings. The van der Waals surface area contributed by atoms with Crippen molar-refractivity contribution in [1.82, 2.24) is 8.61 Å². The van der Waals surface area contributed by atoms with Crippen LogP contribution in [0.5, 0.6) is 0 Å². The highest BCUT2D eigenvalue weighted by Crippen LogP contribution is 2.19. The van der Waals surface area contributed by atoms with E-state index < -0.39 is 26.0 Å². The van der Waals surface area contributed by atoms with Crippen LogP contribution in [-0.2, 0) is 20.0 Å². The number of carbonyl (C=O) groups excluding carboxylic acids is 1. The van der Waals surface area contributed by atoms with Gasteiger partial charge in [0.2, 0.25) is 20.0 Å². The summed E-state index contributed by atoms with van der Waals surface area (Å²) >= 11 is 0. The summed E-state index contributed by atoms with van der Waals surface area (Å²) in [5, 5.41) is 2.67. The Bertz CT molecular complexity index is 1060. The van der Waals surface area contributed by atoms with E-state index in [1.807, 2.05) is 0 Å². The van der Waals surface area contributed by atoms with Gasteiger partial charge in [0.15, 0.2) is 0 Å². The summed E-state index contributed by atoms with van der Waals surface area (Å²) in [6.45, 7) is 4.28. The maximum Gasteiger partial charge on any atom is 0.255 e. The van der Waals surface area contributed by atoms with E-state index in [4.69, 9.17) is 0 Å². The van der Waals surface area contributed by atoms with Gasteiger partial charge in [-0.3, -0.25) is 4.79 Å². The largest absolute Gasteiger partial charge is 0.322 e. The van der Waals surface area contributed by atoms with Crippen LogP contribution < -0.4 is 5.32 Å². The minimum atomic E-state index is -3.57. The molecule has 158 valence electrons. The number of anilines is 1. The molecule has 0 bridgehead atoms. The molecule has 8 nitrogen and oxygen atoms in total. The Hall–Kier alpha value is -2.27. The summed E-state index contributed by atoms with van der Waals surface area (Å²) in [6.07, 6.45) is 0. The van der Waals surface area contributed by atoms with E-state index in [-0.39, 0.29) is 15.4 Å². The second kappa shape index (κ2) is 9.04. The minimum Gasteiger partial charge on any atom is -0.322 e. The number of nitrogens with zero attached hydrogens (tertiary/aromatic N) is 2. The molecule has 0 saturated heterocycles. The Morgan fingerprint density at radius 2 is 1.24 bits per heavy atom. The highest BCUT2D eigenvalue weighted by atomic mass is 32.2. The molecule has 0 saturated carbocycles. The molecule has 2 rings (SSSR count). The first-order valence-electron chi connectivity index (χ1n) is 8.98. The molecule has 0 radical (unpaired) electrons. The number of nitrogens with one attached hydrogen (secondary N) is 1. The van der Waals surface area contributed by atoms with Gasteiger partial charge in [-0.25, -0.2) is 21.1 Å². The lowest BCUT2D eigenvalue weighted by molar-refractivity contribution is 0.102. The van der Waals surface area contributed by atoms with Gasteiger partial charge in [-0.1, -0.05) is 13.8 Å². The van der Waals surface area contributed by atoms with E-state index in [0.29, 0.717) is 18.8 Å². The molecule has 29 heavy (non-hydrogen) atoms. The number of hydrogen-bond acceptors (Lipinski definition) is 5. The summed E-state index contributed by atoms with van der Waals surface area (Å²) in [4.78, 5) is 12.6. The van der Waals surface area contributed by atoms with E-state index in [1.165, 1.54) is 66.9 Å². The maximum absolute atomic E-state index is 12.5. The summed E-state index contributed by atoms with van der Waals surface area (Å²) < 4.78 is 51.6. The van der Waals surface area contributed by atoms with Crippen molar-refractivity contribution in [3.8, 4) is 0 Å². The summed E-state index contributed by atoms with van der Waals surface area (Å²) in [5.41, 5.74) is 0.709. The molecule has 1 N–H and O–H groups in total. The van der Waals surface area contributed by atoms with Crippen molar-refractivity contribution in [1.29, 1.82) is 0 Å². The molecule has 0 heterocycles. The van der Waals surface area contributed by atoms with Crippen LogP contribution in [0.25, 0.3) is 0 Å². The van der Waals surface area contributed by atoms with Crippen LogP contribution in [0.2, 0.25) is 0 Å². The lowest BCUT2D eigenvalue weighted by atomic mass is 10.2. The van der Waals surface area contributed by atoms with Gasteiger partial charge in [0.25, 0.3) is 5.91 Å². The third-order valence-corrected chi connectivity index (χ3v) is 8.24. The highest BCUT2D eigenvalue weighted by Gasteiger charge is 2.21. The number of hydrogen-bond donors (Lipinski definition) is 1. The SMILES string of the molecule is CCN(CC)S(=O)(=O)c1ccc(NC(=O)c2ccc(S(=O)(=O)N(C)C)cc2)cc1. The molecule has 0 aliphatic heterocycles. The molecule has 2 aromatic carbocycles. The van der Waals surface area contributed by atoms with Crippen LogP contribution in [0, 0.1) is 0 Å². The fourth-order valence-corrected chi connectivity index (χ4v) is 4.97. The molecule has 0 aliphatic carbocycles. The second-order valence-corrected chi connectivity index (χ2v) is 10.5. The molecule has 1 amide bonds. The molecule has 0 aromatic heterocycles. The van der Waals surface area contributed by atoms with Crippen molar-refractivity contribution in [2.24, 2.45) is 0 Å². The molecule has 10 heteroatoms. The smallest absolute Gasteiger partial charge is 0.255 e. The zero-order chi connectivity index (χ0) is 21.8. The van der Waals surface area contributed by atoms with Gasteiger partial charge < -0.3 is 5.32 Å². The zero-order valence-corrected chi connectivity index (χ0v) is 18.4. The maximum atomic E-state index is 12.5. The summed E-state index contributed by atoms with van der Waals surface area (Å²) in [5.74, 6) is -0.432. The Kier molecular flexibility index (Phi) is 7.17. The third kappa shape index (κ3) is 5.02. The Balaban J connectivity index is 2.16. The number of sulfonamides is 2. The average Bonchev–Trinajstić information content (AvgIpc) is 2.69. The predicted octanol–water partition coefficient (Wildman–Crippen LogP) is 2.22. The average molecular weight is 440 g/mol. The van der Waals surface area contributed by atoms with Gasteiger partial charge in [-0.15, -0.1) is 0 Å². The fourth-order valence-electron chi connectivity index (χ4n) is 2.62. The molecule has 0 spiro atoms. The van der Waals surface area contributed by atoms with E-state index in [0.717, 1.165) is 4.31 Å². The summed E-state index contributed by atoms with van der Waals surface area (Å²) in [6, 6.07) is 11.5. The lowest BCUT2D eigenvalue weighted by Crippen LogP contribution is -2.30. The third-order valence-electron chi connectivity index (χ3n) is 4.35. The minimum absolute atomic E-state index is 0.0880. The summed E-state index contributed by atoms with van der Waals surface area (Å²) in [7, 11) is -4.27. The molecule has 2 aromatic rings. The predicted molar refractivity (Wildman–Crippen MR) is 112 cm³/mol. The van der Waals surface area contributed by atoms with E-state index in [9.17, 15) is 21.6 Å². The van der Waals surface area contributed by atoms with Gasteiger partial charge in [-0.2, -0.15) is 4.31 Å². The number of amides is 1. The molecule has 0 aliphatic rings. The van der Waals surface area contributed by atoms with Crippen LogP contribution in [0.3, 0.4) is 0 Å². The first-order chi connectivity index (χ1) is 13.5. The van der Waals surface area contributed by atoms with E-state index >= 15 is 0 Å². The fraction of sp³-hybridized carbons (Fsp3) is 0.316. The normalized spacial score (nSPS) is 12.3. The van der Waals surface area contributed by atoms with Crippen LogP contribution >= 0.6 is 0 Å². The first-order valence-corrected chi connectivity index (χ1v) is 11.9. The molecular weight excluding hydrogens is 414 g/mol. The van der Waals surface area contributed by atoms with E-state index in [1.54, 1.807) is 13.8 Å². The molecular formula is C19H25N3O5S2. The molecule has 0 atom stereocenters. The topological polar surface area (TPSA) is 104 Å². The van der Waals surface area contributed by atoms with Gasteiger partial charge in [0.05, 0.1) is 9.79 Å². The van der Waals surface area contributed by atoms with Gasteiger partial charge in [0.1, 0.15) is 0 Å². The lowest BCUT2D eigenvalue weighted by Gasteiger charge is -2.18. The van der Waals surface area contributed by atoms with Crippen LogP contribution in [0.4, 0.5) is 5.69 Å². The quantitative estimate of drug-likeness (QED) is 0.679. The second-order valence-electron chi connectivity index (χ2n) is 6.38. The monoisotopic (exact) mass is 439 g/mol. The Labute approximate surface area is 172 Å². The van der Waals surface area contributed by atoms with Gasteiger partial charge in [-0.05, 0) is 48.5 Å². The van der Waals surface area contributed by atoms with E-state index in [2.05, 4.69) is 5.32 Å². The van der Waals surface area contributed by atoms with Crippen LogP contribution in [0.15, 0.2) is 58.3 Å². The van der Waals surface area contributed by atoms with Crippen molar-refractivity contribution in [2.75, 3.05) is 32.5 Å². The number of benzene rings is 2. The van der Waals surface area contributed by atoms with Crippen molar-refractivity contribution >= 4 is 31.6 Å². The van der Waals surface area contributed by atoms with Gasteiger partial charge >= 0.3 is 0 Å². The van der Waals surface area contributed by atoms with Crippen molar-refractivity contribution in [3.63, 3.8) is 0 Å². The van der Waals surface area contributed by atoms with Crippen LogP contribution in [-0.4, -0.2) is 58.5 Å². The Morgan fingerprint density at radius 3 is 1.69 bits per heavy atom.